The molecule has 1 heterocycles. The summed E-state index contributed by atoms with van der Waals surface area (Å²) in [7, 11) is -2.35. The molecule has 0 bridgehead atoms. The minimum Gasteiger partial charge on any atom is -0.261 e. The van der Waals surface area contributed by atoms with Crippen LogP contribution in [-0.2, 0) is 10.2 Å². The second kappa shape index (κ2) is 5.65. The first-order valence-electron chi connectivity index (χ1n) is 6.51. The minimum atomic E-state index is -3.70. The van der Waals surface area contributed by atoms with Gasteiger partial charge in [-0.15, -0.1) is 0 Å². The fourth-order valence-electron chi connectivity index (χ4n) is 2.34. The van der Waals surface area contributed by atoms with Crippen LogP contribution in [0.25, 0.3) is 0 Å². The van der Waals surface area contributed by atoms with Gasteiger partial charge in [0.25, 0.3) is 0 Å². The molecule has 2 rings (SSSR count). The lowest BCUT2D eigenvalue weighted by Crippen LogP contribution is -2.46. The lowest BCUT2D eigenvalue weighted by molar-refractivity contribution is 0.281. The number of anilines is 1. The molecule has 4 nitrogen and oxygen atoms in total. The van der Waals surface area contributed by atoms with Gasteiger partial charge in [0.2, 0.25) is 0 Å². The van der Waals surface area contributed by atoms with Crippen LogP contribution in [0.4, 0.5) is 14.5 Å². The van der Waals surface area contributed by atoms with Gasteiger partial charge in [0, 0.05) is 26.2 Å². The highest BCUT2D eigenvalue weighted by atomic mass is 32.2. The highest BCUT2D eigenvalue weighted by Crippen LogP contribution is 2.24. The van der Waals surface area contributed by atoms with Gasteiger partial charge in [0.15, 0.2) is 11.6 Å². The maximum Gasteiger partial charge on any atom is 0.303 e. The normalized spacial score (nSPS) is 20.9. The second-order valence-corrected chi connectivity index (χ2v) is 7.14. The minimum absolute atomic E-state index is 0.113. The summed E-state index contributed by atoms with van der Waals surface area (Å²) in [6, 6.07) is 3.07. The Labute approximate surface area is 118 Å². The Bertz CT molecular complexity index is 592. The van der Waals surface area contributed by atoms with Crippen molar-refractivity contribution in [2.75, 3.05) is 24.4 Å². The zero-order chi connectivity index (χ0) is 14.9. The smallest absolute Gasteiger partial charge is 0.261 e. The number of hydrogen-bond donors (Lipinski definition) is 0. The van der Waals surface area contributed by atoms with Crippen molar-refractivity contribution in [1.29, 1.82) is 0 Å². The van der Waals surface area contributed by atoms with Crippen LogP contribution in [0.2, 0.25) is 0 Å². The Balaban J connectivity index is 2.26. The predicted molar refractivity (Wildman–Crippen MR) is 73.7 cm³/mol. The molecule has 1 aromatic rings. The molecule has 1 aliphatic rings. The Morgan fingerprint density at radius 1 is 1.30 bits per heavy atom. The summed E-state index contributed by atoms with van der Waals surface area (Å²) >= 11 is 0. The number of hydrogen-bond acceptors (Lipinski definition) is 2. The topological polar surface area (TPSA) is 40.6 Å². The molecule has 0 aliphatic carbocycles. The van der Waals surface area contributed by atoms with Crippen molar-refractivity contribution in [2.24, 2.45) is 5.92 Å². The quantitative estimate of drug-likeness (QED) is 0.860. The Hall–Kier alpha value is -1.21. The van der Waals surface area contributed by atoms with Gasteiger partial charge in [-0.25, -0.2) is 8.78 Å². The first kappa shape index (κ1) is 15.2. The van der Waals surface area contributed by atoms with Crippen molar-refractivity contribution in [1.82, 2.24) is 4.31 Å². The van der Waals surface area contributed by atoms with Crippen molar-refractivity contribution in [3.05, 3.63) is 29.8 Å². The standard InChI is InChI=1S/C13H18F2N2O2S/c1-10-4-3-7-17(9-10)20(18,19)16(2)11-5-6-12(14)13(15)8-11/h5-6,8,10H,3-4,7,9H2,1-2H3/t10-/m1/s1. The van der Waals surface area contributed by atoms with Crippen LogP contribution < -0.4 is 4.31 Å². The van der Waals surface area contributed by atoms with Crippen molar-refractivity contribution in [3.63, 3.8) is 0 Å². The molecule has 0 radical (unpaired) electrons. The van der Waals surface area contributed by atoms with Gasteiger partial charge < -0.3 is 0 Å². The van der Waals surface area contributed by atoms with E-state index in [0.717, 1.165) is 29.3 Å². The molecule has 7 heteroatoms. The van der Waals surface area contributed by atoms with Crippen LogP contribution in [0.5, 0.6) is 0 Å². The van der Waals surface area contributed by atoms with E-state index in [-0.39, 0.29) is 5.69 Å². The fourth-order valence-corrected chi connectivity index (χ4v) is 3.87. The van der Waals surface area contributed by atoms with E-state index < -0.39 is 21.8 Å². The summed E-state index contributed by atoms with van der Waals surface area (Å²) in [6.45, 7) is 2.91. The lowest BCUT2D eigenvalue weighted by Gasteiger charge is -2.33. The van der Waals surface area contributed by atoms with E-state index in [1.807, 2.05) is 6.92 Å². The molecule has 20 heavy (non-hydrogen) atoms. The van der Waals surface area contributed by atoms with Crippen LogP contribution in [-0.4, -0.2) is 32.9 Å². The summed E-state index contributed by atoms with van der Waals surface area (Å²) in [5, 5.41) is 0. The van der Waals surface area contributed by atoms with Crippen molar-refractivity contribution in [3.8, 4) is 0 Å². The van der Waals surface area contributed by atoms with Crippen LogP contribution >= 0.6 is 0 Å². The molecular weight excluding hydrogens is 286 g/mol. The van der Waals surface area contributed by atoms with Crippen LogP contribution in [0.1, 0.15) is 19.8 Å². The fraction of sp³-hybridized carbons (Fsp3) is 0.538. The Kier molecular flexibility index (Phi) is 4.29. The van der Waals surface area contributed by atoms with E-state index in [9.17, 15) is 17.2 Å². The Morgan fingerprint density at radius 2 is 2.00 bits per heavy atom. The van der Waals surface area contributed by atoms with Crippen LogP contribution in [0, 0.1) is 17.6 Å². The zero-order valence-corrected chi connectivity index (χ0v) is 12.3. The number of piperidine rings is 1. The molecule has 0 N–H and O–H groups in total. The summed E-state index contributed by atoms with van der Waals surface area (Å²) in [5.74, 6) is -1.75. The highest BCUT2D eigenvalue weighted by molar-refractivity contribution is 7.90. The molecule has 1 atom stereocenters. The van der Waals surface area contributed by atoms with E-state index in [2.05, 4.69) is 0 Å². The summed E-state index contributed by atoms with van der Waals surface area (Å²) in [6.07, 6.45) is 1.81. The zero-order valence-electron chi connectivity index (χ0n) is 11.5. The molecule has 0 unspecified atom stereocenters. The predicted octanol–water partition coefficient (Wildman–Crippen LogP) is 2.38. The highest BCUT2D eigenvalue weighted by Gasteiger charge is 2.31. The summed E-state index contributed by atoms with van der Waals surface area (Å²) in [5.41, 5.74) is 0.113. The van der Waals surface area contributed by atoms with E-state index in [1.165, 1.54) is 17.4 Å². The average Bonchev–Trinajstić information content (AvgIpc) is 2.41. The van der Waals surface area contributed by atoms with Crippen molar-refractivity contribution in [2.45, 2.75) is 19.8 Å². The van der Waals surface area contributed by atoms with E-state index in [1.54, 1.807) is 0 Å². The second-order valence-electron chi connectivity index (χ2n) is 5.18. The number of halogens is 2. The first-order chi connectivity index (χ1) is 9.32. The molecule has 1 aliphatic heterocycles. The third-order valence-corrected chi connectivity index (χ3v) is 5.45. The summed E-state index contributed by atoms with van der Waals surface area (Å²) < 4.78 is 53.4. The third kappa shape index (κ3) is 2.93. The van der Waals surface area contributed by atoms with Crippen LogP contribution in [0.15, 0.2) is 18.2 Å². The molecule has 0 saturated carbocycles. The van der Waals surface area contributed by atoms with Gasteiger partial charge in [-0.05, 0) is 30.9 Å². The van der Waals surface area contributed by atoms with Crippen molar-refractivity contribution < 1.29 is 17.2 Å². The van der Waals surface area contributed by atoms with Gasteiger partial charge in [0.1, 0.15) is 0 Å². The maximum absolute atomic E-state index is 13.2. The maximum atomic E-state index is 13.2. The molecular formula is C13H18F2N2O2S. The number of rotatable bonds is 3. The molecule has 112 valence electrons. The van der Waals surface area contributed by atoms with Gasteiger partial charge in [0.05, 0.1) is 5.69 Å². The third-order valence-electron chi connectivity index (χ3n) is 3.56. The average molecular weight is 304 g/mol. The molecule has 0 spiro atoms. The van der Waals surface area contributed by atoms with Gasteiger partial charge in [-0.3, -0.25) is 4.31 Å². The molecule has 1 aromatic carbocycles. The molecule has 1 fully saturated rings. The van der Waals surface area contributed by atoms with Gasteiger partial charge in [-0.2, -0.15) is 12.7 Å². The monoisotopic (exact) mass is 304 g/mol. The van der Waals surface area contributed by atoms with Gasteiger partial charge in [-0.1, -0.05) is 6.92 Å². The van der Waals surface area contributed by atoms with Crippen LogP contribution in [0.3, 0.4) is 0 Å². The van der Waals surface area contributed by atoms with Gasteiger partial charge >= 0.3 is 10.2 Å². The first-order valence-corrected chi connectivity index (χ1v) is 7.91. The van der Waals surface area contributed by atoms with E-state index in [4.69, 9.17) is 0 Å². The lowest BCUT2D eigenvalue weighted by atomic mass is 10.0. The summed E-state index contributed by atoms with van der Waals surface area (Å²) in [4.78, 5) is 0. The van der Waals surface area contributed by atoms with Crippen molar-refractivity contribution >= 4 is 15.9 Å². The largest absolute Gasteiger partial charge is 0.303 e. The number of benzene rings is 1. The number of nitrogens with zero attached hydrogens (tertiary/aromatic N) is 2. The van der Waals surface area contributed by atoms with E-state index >= 15 is 0 Å². The molecule has 1 saturated heterocycles. The Morgan fingerprint density at radius 3 is 2.60 bits per heavy atom. The molecule has 0 aromatic heterocycles. The SMILES string of the molecule is C[C@@H]1CCCN(S(=O)(=O)N(C)c2ccc(F)c(F)c2)C1. The van der Waals surface area contributed by atoms with E-state index in [0.29, 0.717) is 19.0 Å². The molecule has 0 amide bonds.